The van der Waals surface area contributed by atoms with Crippen LogP contribution in [0.1, 0.15) is 33.6 Å². The lowest BCUT2D eigenvalue weighted by Crippen LogP contribution is -2.30. The predicted molar refractivity (Wildman–Crippen MR) is 106 cm³/mol. The summed E-state index contributed by atoms with van der Waals surface area (Å²) in [5.74, 6) is 0. The molecule has 2 fully saturated rings. The first-order valence-electron chi connectivity index (χ1n) is 7.80. The number of carbonyl (C=O) groups excluding carboxylic acids is 2. The molecular formula is C13H32N4O4P2S. The summed E-state index contributed by atoms with van der Waals surface area (Å²) in [5.41, 5.74) is 2.08. The smallest absolute Gasteiger partial charge is 0.321 e. The van der Waals surface area contributed by atoms with Crippen molar-refractivity contribution in [3.8, 4) is 0 Å². The molecule has 0 saturated carbocycles. The highest BCUT2D eigenvalue weighted by Crippen LogP contribution is 2.26. The second-order valence-corrected chi connectivity index (χ2v) is 5.11. The molecule has 0 spiro atoms. The van der Waals surface area contributed by atoms with Gasteiger partial charge in [0.25, 0.3) is 0 Å². The Morgan fingerprint density at radius 2 is 2.08 bits per heavy atom. The van der Waals surface area contributed by atoms with E-state index in [-0.39, 0.29) is 18.1 Å². The largest absolute Gasteiger partial charge is 0.344 e. The van der Waals surface area contributed by atoms with Gasteiger partial charge in [0.1, 0.15) is 0 Å². The fourth-order valence-electron chi connectivity index (χ4n) is 2.00. The van der Waals surface area contributed by atoms with E-state index in [0.29, 0.717) is 13.0 Å². The van der Waals surface area contributed by atoms with E-state index in [1.54, 1.807) is 6.26 Å². The van der Waals surface area contributed by atoms with E-state index < -0.39 is 0 Å². The zero-order valence-electron chi connectivity index (χ0n) is 14.9. The third-order valence-electron chi connectivity index (χ3n) is 3.05. The molecule has 0 aromatic rings. The summed E-state index contributed by atoms with van der Waals surface area (Å²) in [6.07, 6.45) is 4.35. The molecule has 2 N–H and O–H groups in total. The van der Waals surface area contributed by atoms with Gasteiger partial charge < -0.3 is 4.90 Å². The second kappa shape index (κ2) is 17.6. The molecule has 2 rings (SSSR count). The molecule has 0 aliphatic carbocycles. The summed E-state index contributed by atoms with van der Waals surface area (Å²) in [6, 6.07) is 0.527. The van der Waals surface area contributed by atoms with Crippen molar-refractivity contribution in [2.45, 2.75) is 45.7 Å². The second-order valence-electron chi connectivity index (χ2n) is 4.57. The third kappa shape index (κ3) is 9.97. The predicted octanol–water partition coefficient (Wildman–Crippen LogP) is 1.61. The van der Waals surface area contributed by atoms with Crippen LogP contribution in [0.25, 0.3) is 0 Å². The number of hydroxylamine groups is 3. The van der Waals surface area contributed by atoms with Gasteiger partial charge in [-0.1, -0.05) is 23.2 Å². The Morgan fingerprint density at radius 1 is 1.46 bits per heavy atom. The van der Waals surface area contributed by atoms with Crippen LogP contribution in [0.2, 0.25) is 0 Å². The number of urea groups is 1. The molecule has 2 heterocycles. The van der Waals surface area contributed by atoms with E-state index in [2.05, 4.69) is 46.9 Å². The number of nitrogens with zero attached hydrogens (tertiary/aromatic N) is 2. The molecule has 0 aromatic carbocycles. The summed E-state index contributed by atoms with van der Waals surface area (Å²) in [5, 5.41) is 4.32. The van der Waals surface area contributed by atoms with E-state index in [1.807, 2.05) is 25.7 Å². The average Bonchev–Trinajstić information content (AvgIpc) is 2.87. The van der Waals surface area contributed by atoms with Crippen LogP contribution < -0.4 is 10.6 Å². The first kappa shape index (κ1) is 26.1. The number of hydrogen-bond acceptors (Lipinski definition) is 6. The van der Waals surface area contributed by atoms with Gasteiger partial charge in [0.15, 0.2) is 0 Å². The van der Waals surface area contributed by atoms with Crippen molar-refractivity contribution in [3.05, 3.63) is 0 Å². The maximum atomic E-state index is 11.3. The minimum atomic E-state index is 0.0162. The van der Waals surface area contributed by atoms with Gasteiger partial charge in [0.05, 0.1) is 12.6 Å². The SMILES string of the molecule is CC.CC(CONC=O)NP.CS.O=C1N2CCCC(C2)N1OP. The van der Waals surface area contributed by atoms with Gasteiger partial charge in [-0.25, -0.2) is 10.3 Å². The topological polar surface area (TPSA) is 83.1 Å². The fraction of sp³-hybridized carbons (Fsp3) is 0.846. The summed E-state index contributed by atoms with van der Waals surface area (Å²) < 4.78 is 4.90. The summed E-state index contributed by atoms with van der Waals surface area (Å²) in [6.45, 7) is 8.12. The van der Waals surface area contributed by atoms with Crippen molar-refractivity contribution in [2.24, 2.45) is 0 Å². The molecule has 4 unspecified atom stereocenters. The van der Waals surface area contributed by atoms with Crippen LogP contribution in [0.5, 0.6) is 0 Å². The molecule has 3 amide bonds. The minimum absolute atomic E-state index is 0.0162. The lowest BCUT2D eigenvalue weighted by atomic mass is 10.1. The van der Waals surface area contributed by atoms with E-state index >= 15 is 0 Å². The average molecular weight is 402 g/mol. The molecule has 0 aromatic heterocycles. The van der Waals surface area contributed by atoms with Gasteiger partial charge in [-0.15, -0.1) is 0 Å². The van der Waals surface area contributed by atoms with Gasteiger partial charge in [-0.2, -0.15) is 17.7 Å². The molecule has 11 heteroatoms. The number of hydrogen-bond donors (Lipinski definition) is 3. The van der Waals surface area contributed by atoms with Crippen molar-refractivity contribution in [2.75, 3.05) is 26.0 Å². The zero-order chi connectivity index (χ0) is 19.0. The molecule has 4 atom stereocenters. The van der Waals surface area contributed by atoms with Crippen molar-refractivity contribution < 1.29 is 19.1 Å². The van der Waals surface area contributed by atoms with Crippen molar-refractivity contribution in [1.29, 1.82) is 0 Å². The molecule has 0 radical (unpaired) electrons. The normalized spacial score (nSPS) is 19.0. The monoisotopic (exact) mass is 402 g/mol. The Kier molecular flexibility index (Phi) is 19.2. The van der Waals surface area contributed by atoms with Gasteiger partial charge in [-0.3, -0.25) is 19.3 Å². The number of fused-ring (bicyclic) bond motifs is 2. The molecule has 2 aliphatic rings. The third-order valence-corrected chi connectivity index (χ3v) is 3.85. The first-order valence-corrected chi connectivity index (χ1v) is 9.75. The number of nitrogens with one attached hydrogen (secondary N) is 2. The minimum Gasteiger partial charge on any atom is -0.321 e. The molecule has 24 heavy (non-hydrogen) atoms. The Bertz CT molecular complexity index is 332. The summed E-state index contributed by atoms with van der Waals surface area (Å²) in [7, 11) is 4.48. The van der Waals surface area contributed by atoms with Crippen molar-refractivity contribution >= 4 is 43.9 Å². The zero-order valence-corrected chi connectivity index (χ0v) is 18.1. The Balaban J connectivity index is 0. The highest BCUT2D eigenvalue weighted by atomic mass is 32.1. The molecule has 2 saturated heterocycles. The standard InChI is InChI=1S/C6H11N2O2P.C4H11N2O2P.C2H6.CH4S/c9-6-7-3-1-2-5(4-7)8(6)10-11;1-4(6-9)2-8-5-3-7;2*1-2/h5H,1-4,11H2;3-4,6H,2,9H2,1H3,(H,5,7);1-2H3;2H,1H3. The maximum absolute atomic E-state index is 11.3. The van der Waals surface area contributed by atoms with Crippen LogP contribution in [0, 0.1) is 0 Å². The maximum Gasteiger partial charge on any atom is 0.344 e. The lowest BCUT2D eigenvalue weighted by Gasteiger charge is -2.20. The van der Waals surface area contributed by atoms with E-state index in [4.69, 9.17) is 4.62 Å². The van der Waals surface area contributed by atoms with Gasteiger partial charge >= 0.3 is 6.03 Å². The number of carbonyl (C=O) groups is 2. The molecule has 8 nitrogen and oxygen atoms in total. The summed E-state index contributed by atoms with van der Waals surface area (Å²) >= 11 is 3.53. The Morgan fingerprint density at radius 3 is 2.54 bits per heavy atom. The van der Waals surface area contributed by atoms with Crippen molar-refractivity contribution in [1.82, 2.24) is 20.5 Å². The van der Waals surface area contributed by atoms with Crippen LogP contribution in [0.15, 0.2) is 0 Å². The first-order chi connectivity index (χ1) is 11.6. The summed E-state index contributed by atoms with van der Waals surface area (Å²) in [4.78, 5) is 27.4. The van der Waals surface area contributed by atoms with Crippen molar-refractivity contribution in [3.63, 3.8) is 0 Å². The number of amides is 3. The lowest BCUT2D eigenvalue weighted by molar-refractivity contribution is -0.120. The van der Waals surface area contributed by atoms with Crippen LogP contribution in [0.4, 0.5) is 4.79 Å². The molecule has 2 bridgehead atoms. The van der Waals surface area contributed by atoms with E-state index in [1.165, 1.54) is 5.06 Å². The fourth-order valence-corrected chi connectivity index (χ4v) is 2.36. The van der Waals surface area contributed by atoms with Crippen LogP contribution >= 0.6 is 31.5 Å². The van der Waals surface area contributed by atoms with Gasteiger partial charge in [-0.05, 0) is 26.0 Å². The number of piperidine rings is 1. The molecule has 144 valence electrons. The van der Waals surface area contributed by atoms with E-state index in [9.17, 15) is 9.59 Å². The Hall–Kier alpha value is -0.170. The highest BCUT2D eigenvalue weighted by molar-refractivity contribution is 7.79. The number of rotatable bonds is 6. The van der Waals surface area contributed by atoms with Crippen LogP contribution in [-0.2, 0) is 14.3 Å². The van der Waals surface area contributed by atoms with Gasteiger partial charge in [0.2, 0.25) is 6.41 Å². The number of thiol groups is 1. The highest BCUT2D eigenvalue weighted by Gasteiger charge is 2.40. The molecule has 2 aliphatic heterocycles. The molecular weight excluding hydrogens is 370 g/mol. The van der Waals surface area contributed by atoms with Crippen LogP contribution in [0.3, 0.4) is 0 Å². The van der Waals surface area contributed by atoms with Crippen LogP contribution in [-0.4, -0.2) is 60.4 Å². The Labute approximate surface area is 155 Å². The van der Waals surface area contributed by atoms with Gasteiger partial charge in [0, 0.05) is 28.6 Å². The quantitative estimate of drug-likeness (QED) is 0.207. The van der Waals surface area contributed by atoms with E-state index in [0.717, 1.165) is 25.9 Å².